The number of sulfonamides is 1. The number of primary sulfonamides is 1. The highest BCUT2D eigenvalue weighted by molar-refractivity contribution is 8.01. The van der Waals surface area contributed by atoms with Crippen molar-refractivity contribution >= 4 is 50.5 Å². The smallest absolute Gasteiger partial charge is 0.238 e. The Kier molecular flexibility index (Phi) is 6.80. The van der Waals surface area contributed by atoms with Gasteiger partial charge in [0.2, 0.25) is 15.9 Å². The second-order valence-electron chi connectivity index (χ2n) is 5.98. The van der Waals surface area contributed by atoms with E-state index >= 15 is 0 Å². The van der Waals surface area contributed by atoms with E-state index in [9.17, 15) is 18.0 Å². The van der Waals surface area contributed by atoms with E-state index in [1.807, 2.05) is 18.2 Å². The van der Waals surface area contributed by atoms with Gasteiger partial charge in [-0.2, -0.15) is 0 Å². The third-order valence-electron chi connectivity index (χ3n) is 3.76. The molecule has 0 radical (unpaired) electrons. The van der Waals surface area contributed by atoms with E-state index in [0.717, 1.165) is 4.34 Å². The van der Waals surface area contributed by atoms with Crippen LogP contribution in [0.5, 0.6) is 0 Å². The zero-order valence-electron chi connectivity index (χ0n) is 15.1. The minimum atomic E-state index is -3.77. The van der Waals surface area contributed by atoms with E-state index in [2.05, 4.69) is 10.3 Å². The van der Waals surface area contributed by atoms with Crippen LogP contribution in [-0.4, -0.2) is 30.8 Å². The second kappa shape index (κ2) is 9.31. The lowest BCUT2D eigenvalue weighted by molar-refractivity contribution is -0.115. The molecule has 0 aliphatic carbocycles. The van der Waals surface area contributed by atoms with Crippen LogP contribution < -0.4 is 10.5 Å². The number of anilines is 1. The first-order chi connectivity index (χ1) is 13.8. The lowest BCUT2D eigenvalue weighted by Gasteiger charge is -2.05. The fourth-order valence-electron chi connectivity index (χ4n) is 2.37. The number of ketones is 1. The first-order valence-corrected chi connectivity index (χ1v) is 11.8. The summed E-state index contributed by atoms with van der Waals surface area (Å²) in [7, 11) is -3.77. The molecule has 0 atom stereocenters. The van der Waals surface area contributed by atoms with E-state index in [0.29, 0.717) is 16.9 Å². The van der Waals surface area contributed by atoms with Crippen LogP contribution in [0, 0.1) is 0 Å². The quantitative estimate of drug-likeness (QED) is 0.405. The lowest BCUT2D eigenvalue weighted by atomic mass is 10.2. The van der Waals surface area contributed by atoms with Gasteiger partial charge in [0.05, 0.1) is 22.8 Å². The predicted octanol–water partition coefficient (Wildman–Crippen LogP) is 2.95. The summed E-state index contributed by atoms with van der Waals surface area (Å²) in [6, 6.07) is 14.6. The minimum Gasteiger partial charge on any atom is -0.326 e. The molecule has 0 saturated heterocycles. The van der Waals surface area contributed by atoms with E-state index in [1.165, 1.54) is 47.4 Å². The fourth-order valence-corrected chi connectivity index (χ4v) is 4.62. The van der Waals surface area contributed by atoms with Gasteiger partial charge in [0.1, 0.15) is 0 Å². The number of nitrogens with two attached hydrogens (primary N) is 1. The SMILES string of the molecule is NS(=O)(=O)c1ccc(NC(=O)Cc2csc(SCC(=O)c3ccccc3)n2)cc1. The number of carbonyl (C=O) groups is 2. The molecule has 0 aliphatic heterocycles. The Balaban J connectivity index is 1.51. The Morgan fingerprint density at radius 2 is 1.76 bits per heavy atom. The van der Waals surface area contributed by atoms with Crippen molar-refractivity contribution in [1.29, 1.82) is 0 Å². The molecule has 3 N–H and O–H groups in total. The first kappa shape index (κ1) is 21.2. The topological polar surface area (TPSA) is 119 Å². The molecule has 2 aromatic carbocycles. The number of carbonyl (C=O) groups excluding carboxylic acids is 2. The Morgan fingerprint density at radius 3 is 2.41 bits per heavy atom. The molecule has 1 heterocycles. The molecule has 150 valence electrons. The number of amides is 1. The maximum atomic E-state index is 12.2. The normalized spacial score (nSPS) is 11.2. The molecule has 0 spiro atoms. The van der Waals surface area contributed by atoms with Crippen molar-refractivity contribution in [2.24, 2.45) is 5.14 Å². The summed E-state index contributed by atoms with van der Waals surface area (Å²) in [5.41, 5.74) is 1.72. The van der Waals surface area contributed by atoms with Crippen LogP contribution in [0.25, 0.3) is 0 Å². The van der Waals surface area contributed by atoms with Crippen LogP contribution in [-0.2, 0) is 21.2 Å². The van der Waals surface area contributed by atoms with Gasteiger partial charge in [-0.15, -0.1) is 11.3 Å². The summed E-state index contributed by atoms with van der Waals surface area (Å²) in [5.74, 6) is 0.0168. The molecule has 1 amide bonds. The van der Waals surface area contributed by atoms with E-state index in [-0.39, 0.29) is 28.8 Å². The molecule has 0 aliphatic rings. The van der Waals surface area contributed by atoms with Gasteiger partial charge in [-0.25, -0.2) is 18.5 Å². The zero-order chi connectivity index (χ0) is 20.9. The lowest BCUT2D eigenvalue weighted by Crippen LogP contribution is -2.15. The zero-order valence-corrected chi connectivity index (χ0v) is 17.5. The van der Waals surface area contributed by atoms with Crippen LogP contribution in [0.2, 0.25) is 0 Å². The molecule has 0 fully saturated rings. The number of Topliss-reactive ketones (excluding diaryl/α,β-unsaturated/α-hetero) is 1. The van der Waals surface area contributed by atoms with Gasteiger partial charge in [-0.05, 0) is 24.3 Å². The van der Waals surface area contributed by atoms with Crippen molar-refractivity contribution in [3.05, 3.63) is 71.2 Å². The third-order valence-corrected chi connectivity index (χ3v) is 6.76. The minimum absolute atomic E-state index is 0.0213. The van der Waals surface area contributed by atoms with Crippen molar-refractivity contribution in [3.63, 3.8) is 0 Å². The number of nitrogens with one attached hydrogen (secondary N) is 1. The summed E-state index contributed by atoms with van der Waals surface area (Å²) < 4.78 is 23.2. The fraction of sp³-hybridized carbons (Fsp3) is 0.105. The summed E-state index contributed by atoms with van der Waals surface area (Å²) in [5, 5.41) is 9.50. The van der Waals surface area contributed by atoms with Crippen molar-refractivity contribution in [2.75, 3.05) is 11.1 Å². The van der Waals surface area contributed by atoms with Gasteiger partial charge < -0.3 is 5.32 Å². The molecule has 7 nitrogen and oxygen atoms in total. The number of hydrogen-bond acceptors (Lipinski definition) is 7. The monoisotopic (exact) mass is 447 g/mol. The maximum absolute atomic E-state index is 12.2. The number of hydrogen-bond donors (Lipinski definition) is 2. The van der Waals surface area contributed by atoms with Gasteiger partial charge >= 0.3 is 0 Å². The average Bonchev–Trinajstić information content (AvgIpc) is 3.13. The Morgan fingerprint density at radius 1 is 1.07 bits per heavy atom. The number of nitrogens with zero attached hydrogens (tertiary/aromatic N) is 1. The number of thioether (sulfide) groups is 1. The molecule has 10 heteroatoms. The predicted molar refractivity (Wildman–Crippen MR) is 114 cm³/mol. The first-order valence-electron chi connectivity index (χ1n) is 8.39. The van der Waals surface area contributed by atoms with Crippen molar-refractivity contribution in [1.82, 2.24) is 4.98 Å². The van der Waals surface area contributed by atoms with Gasteiger partial charge in [0.15, 0.2) is 10.1 Å². The van der Waals surface area contributed by atoms with Crippen LogP contribution in [0.15, 0.2) is 69.2 Å². The van der Waals surface area contributed by atoms with Crippen LogP contribution in [0.1, 0.15) is 16.1 Å². The molecule has 29 heavy (non-hydrogen) atoms. The largest absolute Gasteiger partial charge is 0.326 e. The molecule has 1 aromatic heterocycles. The van der Waals surface area contributed by atoms with Gasteiger partial charge in [0, 0.05) is 16.6 Å². The third kappa shape index (κ3) is 6.23. The summed E-state index contributed by atoms with van der Waals surface area (Å²) in [6.45, 7) is 0. The maximum Gasteiger partial charge on any atom is 0.238 e. The molecule has 0 saturated carbocycles. The molecular weight excluding hydrogens is 430 g/mol. The molecule has 0 unspecified atom stereocenters. The van der Waals surface area contributed by atoms with Gasteiger partial charge in [-0.1, -0.05) is 42.1 Å². The number of rotatable bonds is 8. The van der Waals surface area contributed by atoms with Crippen LogP contribution in [0.4, 0.5) is 5.69 Å². The average molecular weight is 448 g/mol. The number of aromatic nitrogens is 1. The molecule has 0 bridgehead atoms. The summed E-state index contributed by atoms with van der Waals surface area (Å²) >= 11 is 2.72. The second-order valence-corrected chi connectivity index (χ2v) is 9.62. The molecular formula is C19H17N3O4S3. The highest BCUT2D eigenvalue weighted by Crippen LogP contribution is 2.24. The standard InChI is InChI=1S/C19H17N3O4S3/c20-29(25,26)16-8-6-14(7-9-16)21-18(24)10-15-11-27-19(22-15)28-12-17(23)13-4-2-1-3-5-13/h1-9,11H,10,12H2,(H,21,24)(H2,20,25,26). The van der Waals surface area contributed by atoms with E-state index < -0.39 is 10.0 Å². The van der Waals surface area contributed by atoms with Crippen molar-refractivity contribution < 1.29 is 18.0 Å². The molecule has 3 aromatic rings. The Labute approximate surface area is 176 Å². The van der Waals surface area contributed by atoms with Crippen molar-refractivity contribution in [2.45, 2.75) is 15.7 Å². The number of benzene rings is 2. The Hall–Kier alpha value is -2.53. The highest BCUT2D eigenvalue weighted by atomic mass is 32.2. The number of thiazole rings is 1. The van der Waals surface area contributed by atoms with Crippen LogP contribution in [0.3, 0.4) is 0 Å². The van der Waals surface area contributed by atoms with E-state index in [1.54, 1.807) is 17.5 Å². The van der Waals surface area contributed by atoms with Gasteiger partial charge in [0.25, 0.3) is 0 Å². The van der Waals surface area contributed by atoms with Crippen LogP contribution >= 0.6 is 23.1 Å². The molecule has 3 rings (SSSR count). The van der Waals surface area contributed by atoms with Gasteiger partial charge in [-0.3, -0.25) is 9.59 Å². The Bertz CT molecular complexity index is 1110. The van der Waals surface area contributed by atoms with Crippen molar-refractivity contribution in [3.8, 4) is 0 Å². The summed E-state index contributed by atoms with van der Waals surface area (Å²) in [4.78, 5) is 28.7. The highest BCUT2D eigenvalue weighted by Gasteiger charge is 2.12. The van der Waals surface area contributed by atoms with E-state index in [4.69, 9.17) is 5.14 Å². The summed E-state index contributed by atoms with van der Waals surface area (Å²) in [6.07, 6.45) is 0.0701.